The molecule has 3 aromatic rings. The molecule has 1 aliphatic heterocycles. The quantitative estimate of drug-likeness (QED) is 0.404. The fraction of sp³-hybridized carbons (Fsp3) is 0.345. The third-order valence-corrected chi connectivity index (χ3v) is 6.20. The fourth-order valence-electron chi connectivity index (χ4n) is 4.41. The molecule has 0 radical (unpaired) electrons. The lowest BCUT2D eigenvalue weighted by atomic mass is 9.91. The Kier molecular flexibility index (Phi) is 7.88. The first-order chi connectivity index (χ1) is 17.4. The molecule has 0 fully saturated rings. The van der Waals surface area contributed by atoms with Gasteiger partial charge in [-0.2, -0.15) is 0 Å². The molecule has 0 spiro atoms. The summed E-state index contributed by atoms with van der Waals surface area (Å²) in [4.78, 5) is 15.6. The number of carbonyl (C=O) groups excluding carboxylic acids is 1. The number of hydrogen-bond donors (Lipinski definition) is 0. The van der Waals surface area contributed by atoms with Crippen LogP contribution in [-0.2, 0) is 6.42 Å². The van der Waals surface area contributed by atoms with Crippen LogP contribution in [0.5, 0.6) is 28.7 Å². The van der Waals surface area contributed by atoms with Gasteiger partial charge in [0.2, 0.25) is 0 Å². The molecule has 0 saturated carbocycles. The van der Waals surface area contributed by atoms with E-state index in [-0.39, 0.29) is 24.7 Å². The van der Waals surface area contributed by atoms with Gasteiger partial charge in [0.25, 0.3) is 5.91 Å². The van der Waals surface area contributed by atoms with Gasteiger partial charge in [0.15, 0.2) is 11.5 Å². The van der Waals surface area contributed by atoms with Crippen molar-refractivity contribution < 1.29 is 28.5 Å². The molecule has 1 heterocycles. The van der Waals surface area contributed by atoms with Crippen molar-refractivity contribution in [3.05, 3.63) is 77.4 Å². The molecule has 0 N–H and O–H groups in total. The van der Waals surface area contributed by atoms with Crippen molar-refractivity contribution in [1.82, 2.24) is 4.90 Å². The zero-order valence-corrected chi connectivity index (χ0v) is 21.4. The van der Waals surface area contributed by atoms with E-state index in [1.165, 1.54) is 0 Å². The molecule has 0 unspecified atom stereocenters. The maximum absolute atomic E-state index is 13.7. The fourth-order valence-corrected chi connectivity index (χ4v) is 4.41. The summed E-state index contributed by atoms with van der Waals surface area (Å²) in [5.74, 6) is 3.42. The molecule has 1 amide bonds. The molecule has 3 aromatic carbocycles. The highest BCUT2D eigenvalue weighted by Crippen LogP contribution is 2.39. The minimum Gasteiger partial charge on any atom is -0.497 e. The highest BCUT2D eigenvalue weighted by Gasteiger charge is 2.33. The van der Waals surface area contributed by atoms with E-state index in [2.05, 4.69) is 0 Å². The van der Waals surface area contributed by atoms with Crippen molar-refractivity contribution in [2.24, 2.45) is 0 Å². The number of rotatable bonds is 9. The number of benzene rings is 3. The number of hydrogen-bond acceptors (Lipinski definition) is 6. The molecular formula is C29H33NO6. The van der Waals surface area contributed by atoms with Crippen LogP contribution in [0.4, 0.5) is 0 Å². The number of fused-ring (bicyclic) bond motifs is 1. The lowest BCUT2D eigenvalue weighted by molar-refractivity contribution is 0.0589. The summed E-state index contributed by atoms with van der Waals surface area (Å²) in [6, 6.07) is 18.3. The zero-order valence-electron chi connectivity index (χ0n) is 21.4. The lowest BCUT2D eigenvalue weighted by Gasteiger charge is -2.37. The number of carbonyl (C=O) groups is 1. The van der Waals surface area contributed by atoms with Crippen molar-refractivity contribution in [3.8, 4) is 28.7 Å². The average molecular weight is 492 g/mol. The molecule has 0 aromatic heterocycles. The van der Waals surface area contributed by atoms with Gasteiger partial charge in [0.1, 0.15) is 23.9 Å². The second kappa shape index (κ2) is 11.2. The van der Waals surface area contributed by atoms with E-state index in [9.17, 15) is 4.79 Å². The average Bonchev–Trinajstić information content (AvgIpc) is 2.90. The topological polar surface area (TPSA) is 66.5 Å². The van der Waals surface area contributed by atoms with Crippen LogP contribution in [0.2, 0.25) is 0 Å². The highest BCUT2D eigenvalue weighted by atomic mass is 16.5. The first kappa shape index (κ1) is 25.2. The SMILES string of the molecule is COc1ccc(OC[C@H]2c3cc(OC)c(OC)cc3CCN2C(=O)c2ccc(OC(C)C)cc2)cc1. The second-order valence-electron chi connectivity index (χ2n) is 8.85. The highest BCUT2D eigenvalue weighted by molar-refractivity contribution is 5.95. The summed E-state index contributed by atoms with van der Waals surface area (Å²) in [6.45, 7) is 4.79. The largest absolute Gasteiger partial charge is 0.497 e. The maximum atomic E-state index is 13.7. The minimum absolute atomic E-state index is 0.0603. The Bertz CT molecular complexity index is 1170. The number of nitrogens with zero attached hydrogens (tertiary/aromatic N) is 1. The van der Waals surface area contributed by atoms with Crippen LogP contribution in [0.15, 0.2) is 60.7 Å². The van der Waals surface area contributed by atoms with Crippen LogP contribution >= 0.6 is 0 Å². The minimum atomic E-state index is -0.310. The van der Waals surface area contributed by atoms with Gasteiger partial charge >= 0.3 is 0 Å². The molecule has 1 atom stereocenters. The van der Waals surface area contributed by atoms with Crippen molar-refractivity contribution in [2.75, 3.05) is 34.5 Å². The summed E-state index contributed by atoms with van der Waals surface area (Å²) in [5.41, 5.74) is 2.70. The Balaban J connectivity index is 1.64. The van der Waals surface area contributed by atoms with E-state index < -0.39 is 0 Å². The van der Waals surface area contributed by atoms with E-state index in [1.54, 1.807) is 21.3 Å². The van der Waals surface area contributed by atoms with Gasteiger partial charge in [-0.05, 0) is 92.1 Å². The van der Waals surface area contributed by atoms with E-state index in [0.717, 1.165) is 22.6 Å². The van der Waals surface area contributed by atoms with Gasteiger partial charge in [0.05, 0.1) is 33.5 Å². The molecule has 36 heavy (non-hydrogen) atoms. The summed E-state index contributed by atoms with van der Waals surface area (Å²) >= 11 is 0. The van der Waals surface area contributed by atoms with E-state index in [4.69, 9.17) is 23.7 Å². The predicted octanol–water partition coefficient (Wildman–Crippen LogP) is 5.32. The Hall–Kier alpha value is -3.87. The van der Waals surface area contributed by atoms with Gasteiger partial charge < -0.3 is 28.6 Å². The Morgan fingerprint density at radius 2 is 1.47 bits per heavy atom. The molecule has 0 saturated heterocycles. The Labute approximate surface area is 212 Å². The molecule has 0 aliphatic carbocycles. The first-order valence-corrected chi connectivity index (χ1v) is 12.0. The van der Waals surface area contributed by atoms with Gasteiger partial charge in [-0.15, -0.1) is 0 Å². The third kappa shape index (κ3) is 5.51. The molecule has 7 heteroatoms. The number of ether oxygens (including phenoxy) is 5. The van der Waals surface area contributed by atoms with Crippen molar-refractivity contribution >= 4 is 5.91 Å². The summed E-state index contributed by atoms with van der Waals surface area (Å²) in [6.07, 6.45) is 0.770. The molecule has 1 aliphatic rings. The van der Waals surface area contributed by atoms with Crippen LogP contribution in [-0.4, -0.2) is 51.4 Å². The molecular weight excluding hydrogens is 458 g/mol. The van der Waals surface area contributed by atoms with E-state index in [1.807, 2.05) is 79.4 Å². The van der Waals surface area contributed by atoms with Crippen molar-refractivity contribution in [1.29, 1.82) is 0 Å². The molecule has 190 valence electrons. The normalized spacial score (nSPS) is 14.7. The van der Waals surface area contributed by atoms with Crippen LogP contribution in [0.1, 0.15) is 41.4 Å². The second-order valence-corrected chi connectivity index (χ2v) is 8.85. The van der Waals surface area contributed by atoms with Crippen LogP contribution < -0.4 is 23.7 Å². The van der Waals surface area contributed by atoms with Gasteiger partial charge in [-0.3, -0.25) is 4.79 Å². The van der Waals surface area contributed by atoms with Crippen molar-refractivity contribution in [2.45, 2.75) is 32.4 Å². The van der Waals surface area contributed by atoms with Crippen molar-refractivity contribution in [3.63, 3.8) is 0 Å². The summed E-state index contributed by atoms with van der Waals surface area (Å²) in [5, 5.41) is 0. The van der Waals surface area contributed by atoms with Gasteiger partial charge in [0, 0.05) is 12.1 Å². The number of amides is 1. The van der Waals surface area contributed by atoms with E-state index in [0.29, 0.717) is 35.8 Å². The maximum Gasteiger partial charge on any atom is 0.254 e. The smallest absolute Gasteiger partial charge is 0.254 e. The zero-order chi connectivity index (χ0) is 25.7. The molecule has 0 bridgehead atoms. The summed E-state index contributed by atoms with van der Waals surface area (Å²) < 4.78 is 28.2. The molecule has 4 rings (SSSR count). The third-order valence-electron chi connectivity index (χ3n) is 6.20. The standard InChI is InChI=1S/C29H33NO6/c1-19(2)36-24-8-6-20(7-9-24)29(31)30-15-14-21-16-27(33-4)28(34-5)17-25(21)26(30)18-35-23-12-10-22(32-3)11-13-23/h6-13,16-17,19,26H,14-15,18H2,1-5H3/t26-/m0/s1. The van der Waals surface area contributed by atoms with Gasteiger partial charge in [-0.1, -0.05) is 0 Å². The first-order valence-electron chi connectivity index (χ1n) is 12.0. The molecule has 7 nitrogen and oxygen atoms in total. The monoisotopic (exact) mass is 491 g/mol. The number of methoxy groups -OCH3 is 3. The predicted molar refractivity (Wildman–Crippen MR) is 138 cm³/mol. The Morgan fingerprint density at radius 3 is 2.08 bits per heavy atom. The summed E-state index contributed by atoms with van der Waals surface area (Å²) in [7, 11) is 4.86. The van der Waals surface area contributed by atoms with E-state index >= 15 is 0 Å². The van der Waals surface area contributed by atoms with Crippen LogP contribution in [0, 0.1) is 0 Å². The lowest BCUT2D eigenvalue weighted by Crippen LogP contribution is -2.42. The van der Waals surface area contributed by atoms with Gasteiger partial charge in [-0.25, -0.2) is 0 Å². The van der Waals surface area contributed by atoms with Crippen LogP contribution in [0.25, 0.3) is 0 Å². The Morgan fingerprint density at radius 1 is 0.861 bits per heavy atom. The van der Waals surface area contributed by atoms with Crippen LogP contribution in [0.3, 0.4) is 0 Å².